The number of ether oxygens (including phenoxy) is 2. The summed E-state index contributed by atoms with van der Waals surface area (Å²) in [6.07, 6.45) is -0.301. The Morgan fingerprint density at radius 3 is 2.00 bits per heavy atom. The van der Waals surface area contributed by atoms with Gasteiger partial charge in [0.2, 0.25) is 0 Å². The molecule has 11 nitrogen and oxygen atoms in total. The Labute approximate surface area is 226 Å². The minimum Gasteiger partial charge on any atom is -0.459 e. The molecule has 1 aliphatic heterocycles. The van der Waals surface area contributed by atoms with Gasteiger partial charge in [-0.25, -0.2) is 14.5 Å². The Hall–Kier alpha value is -5.03. The molecule has 0 saturated heterocycles. The van der Waals surface area contributed by atoms with Crippen LogP contribution in [0.15, 0.2) is 83.5 Å². The summed E-state index contributed by atoms with van der Waals surface area (Å²) in [6, 6.07) is 16.6. The SMILES string of the molecule is CC(C)OC(=O)c1ccc(N2C(=O)C(Cl)=C(Nc3ccc(C(=O)Oc4ccc([N+](=O)[O-])cc4)cc3)C2=O)cc1. The molecule has 2 amide bonds. The van der Waals surface area contributed by atoms with E-state index in [1.165, 1.54) is 72.8 Å². The van der Waals surface area contributed by atoms with Crippen LogP contribution in [0, 0.1) is 10.1 Å². The van der Waals surface area contributed by atoms with E-state index in [0.717, 1.165) is 4.90 Å². The monoisotopic (exact) mass is 549 g/mol. The Kier molecular flexibility index (Phi) is 7.73. The van der Waals surface area contributed by atoms with E-state index in [9.17, 15) is 29.3 Å². The number of carbonyl (C=O) groups excluding carboxylic acids is 4. The molecule has 39 heavy (non-hydrogen) atoms. The van der Waals surface area contributed by atoms with Gasteiger partial charge in [-0.05, 0) is 74.5 Å². The lowest BCUT2D eigenvalue weighted by molar-refractivity contribution is -0.384. The van der Waals surface area contributed by atoms with Crippen LogP contribution in [-0.2, 0) is 14.3 Å². The third-order valence-electron chi connectivity index (χ3n) is 5.38. The zero-order valence-corrected chi connectivity index (χ0v) is 21.3. The van der Waals surface area contributed by atoms with Crippen molar-refractivity contribution in [3.05, 3.63) is 105 Å². The Morgan fingerprint density at radius 1 is 0.872 bits per heavy atom. The summed E-state index contributed by atoms with van der Waals surface area (Å²) in [5.41, 5.74) is 0.711. The van der Waals surface area contributed by atoms with E-state index < -0.39 is 28.7 Å². The fourth-order valence-corrected chi connectivity index (χ4v) is 3.72. The molecule has 0 fully saturated rings. The quantitative estimate of drug-likeness (QED) is 0.137. The normalized spacial score (nSPS) is 13.1. The number of rotatable bonds is 8. The maximum Gasteiger partial charge on any atom is 0.343 e. The lowest BCUT2D eigenvalue weighted by Gasteiger charge is -2.16. The van der Waals surface area contributed by atoms with Crippen molar-refractivity contribution in [1.82, 2.24) is 0 Å². The van der Waals surface area contributed by atoms with Gasteiger partial charge in [0.1, 0.15) is 16.5 Å². The van der Waals surface area contributed by atoms with Gasteiger partial charge in [-0.3, -0.25) is 19.7 Å². The number of non-ortho nitro benzene ring substituents is 1. The highest BCUT2D eigenvalue weighted by atomic mass is 35.5. The van der Waals surface area contributed by atoms with Crippen LogP contribution >= 0.6 is 11.6 Å². The zero-order chi connectivity index (χ0) is 28.3. The van der Waals surface area contributed by atoms with Gasteiger partial charge in [-0.15, -0.1) is 0 Å². The molecule has 0 aliphatic carbocycles. The molecule has 3 aromatic rings. The molecule has 198 valence electrons. The van der Waals surface area contributed by atoms with Crippen LogP contribution in [0.4, 0.5) is 17.1 Å². The van der Waals surface area contributed by atoms with Gasteiger partial charge in [0.05, 0.1) is 27.8 Å². The summed E-state index contributed by atoms with van der Waals surface area (Å²) < 4.78 is 10.3. The average molecular weight is 550 g/mol. The van der Waals surface area contributed by atoms with Crippen molar-refractivity contribution >= 4 is 52.4 Å². The van der Waals surface area contributed by atoms with E-state index in [1.54, 1.807) is 13.8 Å². The zero-order valence-electron chi connectivity index (χ0n) is 20.5. The van der Waals surface area contributed by atoms with Gasteiger partial charge in [-0.1, -0.05) is 11.6 Å². The molecule has 0 saturated carbocycles. The van der Waals surface area contributed by atoms with Crippen LogP contribution in [0.2, 0.25) is 0 Å². The molecule has 0 atom stereocenters. The number of imide groups is 1. The summed E-state index contributed by atoms with van der Waals surface area (Å²) in [5.74, 6) is -2.56. The van der Waals surface area contributed by atoms with E-state index in [2.05, 4.69) is 5.32 Å². The summed E-state index contributed by atoms with van der Waals surface area (Å²) in [7, 11) is 0. The van der Waals surface area contributed by atoms with Gasteiger partial charge in [0, 0.05) is 17.8 Å². The molecule has 0 aromatic heterocycles. The number of nitrogens with zero attached hydrogens (tertiary/aromatic N) is 2. The van der Waals surface area contributed by atoms with Crippen molar-refractivity contribution < 1.29 is 33.6 Å². The average Bonchev–Trinajstić information content (AvgIpc) is 3.12. The largest absolute Gasteiger partial charge is 0.459 e. The molecule has 1 N–H and O–H groups in total. The Bertz CT molecular complexity index is 1500. The van der Waals surface area contributed by atoms with Crippen molar-refractivity contribution in [3.63, 3.8) is 0 Å². The first-order valence-electron chi connectivity index (χ1n) is 11.5. The molecule has 1 heterocycles. The van der Waals surface area contributed by atoms with Crippen molar-refractivity contribution in [2.24, 2.45) is 0 Å². The first-order valence-corrected chi connectivity index (χ1v) is 11.9. The smallest absolute Gasteiger partial charge is 0.343 e. The standard InChI is InChI=1S/C27H20ClN3O8/c1-15(2)38-26(34)17-5-9-19(10-6-17)30-24(32)22(28)23(25(30)33)29-18-7-3-16(4-8-18)27(35)39-21-13-11-20(12-14-21)31(36)37/h3-15,29H,1-2H3. The number of halogens is 1. The predicted molar refractivity (Wildman–Crippen MR) is 140 cm³/mol. The lowest BCUT2D eigenvalue weighted by atomic mass is 10.2. The molecule has 12 heteroatoms. The second-order valence-electron chi connectivity index (χ2n) is 8.48. The third kappa shape index (κ3) is 5.94. The molecule has 3 aromatic carbocycles. The molecule has 0 unspecified atom stereocenters. The number of carbonyl (C=O) groups is 4. The molecule has 0 bridgehead atoms. The molecule has 1 aliphatic rings. The molecule has 0 radical (unpaired) electrons. The first kappa shape index (κ1) is 27.0. The highest BCUT2D eigenvalue weighted by Crippen LogP contribution is 2.30. The fourth-order valence-electron chi connectivity index (χ4n) is 3.51. The number of hydrogen-bond donors (Lipinski definition) is 1. The number of nitrogens with one attached hydrogen (secondary N) is 1. The van der Waals surface area contributed by atoms with E-state index in [1.807, 2.05) is 0 Å². The van der Waals surface area contributed by atoms with Crippen molar-refractivity contribution in [3.8, 4) is 5.75 Å². The first-order chi connectivity index (χ1) is 18.5. The van der Waals surface area contributed by atoms with Crippen LogP contribution in [0.5, 0.6) is 5.75 Å². The number of benzene rings is 3. The van der Waals surface area contributed by atoms with Crippen LogP contribution in [-0.4, -0.2) is 34.8 Å². The van der Waals surface area contributed by atoms with Crippen LogP contribution in [0.1, 0.15) is 34.6 Å². The van der Waals surface area contributed by atoms with Gasteiger partial charge < -0.3 is 14.8 Å². The summed E-state index contributed by atoms with van der Waals surface area (Å²) in [5, 5.41) is 13.2. The lowest BCUT2D eigenvalue weighted by Crippen LogP contribution is -2.32. The van der Waals surface area contributed by atoms with E-state index >= 15 is 0 Å². The predicted octanol–water partition coefficient (Wildman–Crippen LogP) is 4.81. The minimum absolute atomic E-state index is 0.129. The second kappa shape index (κ2) is 11.2. The van der Waals surface area contributed by atoms with Gasteiger partial charge in [0.25, 0.3) is 17.5 Å². The van der Waals surface area contributed by atoms with E-state index in [4.69, 9.17) is 21.1 Å². The number of hydrogen-bond acceptors (Lipinski definition) is 9. The van der Waals surface area contributed by atoms with E-state index in [0.29, 0.717) is 5.69 Å². The van der Waals surface area contributed by atoms with Crippen LogP contribution in [0.3, 0.4) is 0 Å². The van der Waals surface area contributed by atoms with Crippen LogP contribution in [0.25, 0.3) is 0 Å². The minimum atomic E-state index is -0.745. The molecule has 4 rings (SSSR count). The van der Waals surface area contributed by atoms with Crippen molar-refractivity contribution in [2.75, 3.05) is 10.2 Å². The fraction of sp³-hybridized carbons (Fsp3) is 0.111. The second-order valence-corrected chi connectivity index (χ2v) is 8.86. The number of nitro benzene ring substituents is 1. The molecular formula is C27H20ClN3O8. The maximum absolute atomic E-state index is 13.0. The van der Waals surface area contributed by atoms with Crippen LogP contribution < -0.4 is 15.0 Å². The van der Waals surface area contributed by atoms with Crippen molar-refractivity contribution in [2.45, 2.75) is 20.0 Å². The number of nitro groups is 1. The number of anilines is 2. The van der Waals surface area contributed by atoms with Gasteiger partial charge in [0.15, 0.2) is 0 Å². The highest BCUT2D eigenvalue weighted by molar-refractivity contribution is 6.53. The van der Waals surface area contributed by atoms with Crippen molar-refractivity contribution in [1.29, 1.82) is 0 Å². The maximum atomic E-state index is 13.0. The highest BCUT2D eigenvalue weighted by Gasteiger charge is 2.39. The Balaban J connectivity index is 1.43. The third-order valence-corrected chi connectivity index (χ3v) is 5.73. The summed E-state index contributed by atoms with van der Waals surface area (Å²) in [4.78, 5) is 61.3. The number of esters is 2. The number of amides is 2. The van der Waals surface area contributed by atoms with Gasteiger partial charge in [-0.2, -0.15) is 0 Å². The van der Waals surface area contributed by atoms with Gasteiger partial charge >= 0.3 is 11.9 Å². The molecular weight excluding hydrogens is 530 g/mol. The van der Waals surface area contributed by atoms with E-state index in [-0.39, 0.29) is 45.1 Å². The summed E-state index contributed by atoms with van der Waals surface area (Å²) >= 11 is 6.17. The topological polar surface area (TPSA) is 145 Å². The molecule has 0 spiro atoms. The summed E-state index contributed by atoms with van der Waals surface area (Å²) in [6.45, 7) is 3.44. The Morgan fingerprint density at radius 2 is 1.44 bits per heavy atom.